The number of carbonyl (C=O) groups is 2. The van der Waals surface area contributed by atoms with E-state index < -0.39 is 9.85 Å². The van der Waals surface area contributed by atoms with Crippen LogP contribution in [0.3, 0.4) is 0 Å². The minimum Gasteiger partial charge on any atom is -0.335 e. The summed E-state index contributed by atoms with van der Waals surface area (Å²) in [5.74, 6) is -0.619. The highest BCUT2D eigenvalue weighted by atomic mass is 35.5. The van der Waals surface area contributed by atoms with E-state index in [1.54, 1.807) is 4.90 Å². The van der Waals surface area contributed by atoms with Crippen LogP contribution in [0.25, 0.3) is 10.1 Å². The maximum atomic E-state index is 13.0. The number of thiophene rings is 1. The molecule has 0 aliphatic carbocycles. The fraction of sp³-hybridized carbons (Fsp3) is 0.238. The molecule has 35 heavy (non-hydrogen) atoms. The second-order valence-corrected chi connectivity index (χ2v) is 9.56. The molecular formula is C21H17Cl2N5O6S. The molecule has 2 aromatic carbocycles. The van der Waals surface area contributed by atoms with E-state index >= 15 is 0 Å². The minimum atomic E-state index is -0.627. The summed E-state index contributed by atoms with van der Waals surface area (Å²) in [6.45, 7) is 1.65. The van der Waals surface area contributed by atoms with Crippen molar-refractivity contribution >= 4 is 73.5 Å². The van der Waals surface area contributed by atoms with Crippen LogP contribution < -0.4 is 5.32 Å². The van der Waals surface area contributed by atoms with Gasteiger partial charge in [0.25, 0.3) is 17.3 Å². The number of carbonyl (C=O) groups excluding carboxylic acids is 2. The maximum Gasteiger partial charge on any atom is 0.289 e. The predicted molar refractivity (Wildman–Crippen MR) is 133 cm³/mol. The number of anilines is 1. The van der Waals surface area contributed by atoms with Crippen LogP contribution in [0.2, 0.25) is 10.0 Å². The standard InChI is InChI=1S/C21H17Cl2N5O6S/c22-15-4-1-12(9-16(15)28(33)34)24-18(29)11-25-5-7-26(8-6-25)21(30)20-19(23)14-3-2-13(27(31)32)10-17(14)35-20/h1-4,9-10H,5-8,11H2,(H,24,29). The Morgan fingerprint density at radius 1 is 1.00 bits per heavy atom. The van der Waals surface area contributed by atoms with E-state index in [2.05, 4.69) is 5.32 Å². The Morgan fingerprint density at radius 3 is 2.37 bits per heavy atom. The van der Waals surface area contributed by atoms with Crippen LogP contribution in [0, 0.1) is 20.2 Å². The van der Waals surface area contributed by atoms with Crippen LogP contribution in [-0.4, -0.2) is 64.2 Å². The molecule has 14 heteroatoms. The van der Waals surface area contributed by atoms with Crippen LogP contribution >= 0.6 is 34.5 Å². The van der Waals surface area contributed by atoms with Gasteiger partial charge in [-0.25, -0.2) is 0 Å². The van der Waals surface area contributed by atoms with Crippen molar-refractivity contribution in [1.82, 2.24) is 9.80 Å². The van der Waals surface area contributed by atoms with Gasteiger partial charge in [-0.05, 0) is 18.2 Å². The summed E-state index contributed by atoms with van der Waals surface area (Å²) in [5.41, 5.74) is -0.111. The van der Waals surface area contributed by atoms with Gasteiger partial charge in [-0.3, -0.25) is 34.7 Å². The molecule has 1 fully saturated rings. The van der Waals surface area contributed by atoms with Crippen LogP contribution in [0.4, 0.5) is 17.1 Å². The number of hydrogen-bond acceptors (Lipinski definition) is 8. The Hall–Kier alpha value is -3.32. The first-order valence-corrected chi connectivity index (χ1v) is 11.8. The van der Waals surface area contributed by atoms with Crippen LogP contribution in [0.1, 0.15) is 9.67 Å². The minimum absolute atomic E-state index is 0.0225. The molecule has 1 aromatic heterocycles. The molecule has 2 amide bonds. The number of amides is 2. The number of hydrogen-bond donors (Lipinski definition) is 1. The first-order valence-electron chi connectivity index (χ1n) is 10.3. The zero-order valence-corrected chi connectivity index (χ0v) is 20.2. The van der Waals surface area contributed by atoms with E-state index in [0.717, 1.165) is 11.3 Å². The number of non-ortho nitro benzene ring substituents is 1. The lowest BCUT2D eigenvalue weighted by molar-refractivity contribution is -0.384. The molecule has 0 spiro atoms. The summed E-state index contributed by atoms with van der Waals surface area (Å²) in [6.07, 6.45) is 0. The monoisotopic (exact) mass is 537 g/mol. The normalized spacial score (nSPS) is 14.2. The molecule has 1 aliphatic rings. The zero-order valence-electron chi connectivity index (χ0n) is 17.9. The van der Waals surface area contributed by atoms with Gasteiger partial charge in [0.1, 0.15) is 9.90 Å². The second kappa shape index (κ2) is 10.1. The third kappa shape index (κ3) is 5.35. The van der Waals surface area contributed by atoms with Gasteiger partial charge in [0.2, 0.25) is 5.91 Å². The Balaban J connectivity index is 1.35. The summed E-state index contributed by atoms with van der Waals surface area (Å²) in [7, 11) is 0. The first-order chi connectivity index (χ1) is 16.6. The molecule has 0 atom stereocenters. The van der Waals surface area contributed by atoms with Crippen molar-refractivity contribution in [2.45, 2.75) is 0 Å². The average Bonchev–Trinajstić information content (AvgIpc) is 3.15. The second-order valence-electron chi connectivity index (χ2n) is 7.72. The number of nitro benzene ring substituents is 2. The van der Waals surface area contributed by atoms with Gasteiger partial charge >= 0.3 is 0 Å². The van der Waals surface area contributed by atoms with E-state index in [0.29, 0.717) is 41.1 Å². The number of benzene rings is 2. The van der Waals surface area contributed by atoms with E-state index in [4.69, 9.17) is 23.2 Å². The van der Waals surface area contributed by atoms with Crippen molar-refractivity contribution in [2.75, 3.05) is 38.0 Å². The van der Waals surface area contributed by atoms with Gasteiger partial charge in [0.05, 0.1) is 21.4 Å². The van der Waals surface area contributed by atoms with Gasteiger partial charge < -0.3 is 10.2 Å². The Kier molecular flexibility index (Phi) is 7.17. The molecule has 0 saturated carbocycles. The van der Waals surface area contributed by atoms with E-state index in [-0.39, 0.29) is 45.5 Å². The lowest BCUT2D eigenvalue weighted by Crippen LogP contribution is -2.50. The summed E-state index contributed by atoms with van der Waals surface area (Å²) in [4.78, 5) is 50.2. The van der Waals surface area contributed by atoms with Crippen molar-refractivity contribution in [3.8, 4) is 0 Å². The Morgan fingerprint density at radius 2 is 1.71 bits per heavy atom. The zero-order chi connectivity index (χ0) is 25.3. The van der Waals surface area contributed by atoms with Crippen molar-refractivity contribution in [2.24, 2.45) is 0 Å². The third-order valence-electron chi connectivity index (χ3n) is 5.47. The van der Waals surface area contributed by atoms with Crippen LogP contribution in [0.15, 0.2) is 36.4 Å². The molecule has 0 unspecified atom stereocenters. The molecule has 3 aromatic rings. The number of fused-ring (bicyclic) bond motifs is 1. The van der Waals surface area contributed by atoms with Crippen molar-refractivity contribution < 1.29 is 19.4 Å². The molecule has 11 nitrogen and oxygen atoms in total. The van der Waals surface area contributed by atoms with Crippen LogP contribution in [-0.2, 0) is 4.79 Å². The van der Waals surface area contributed by atoms with Gasteiger partial charge in [0.15, 0.2) is 0 Å². The number of piperazine rings is 1. The highest BCUT2D eigenvalue weighted by Gasteiger charge is 2.27. The highest BCUT2D eigenvalue weighted by Crippen LogP contribution is 2.38. The van der Waals surface area contributed by atoms with E-state index in [1.807, 2.05) is 4.90 Å². The quantitative estimate of drug-likeness (QED) is 0.362. The van der Waals surface area contributed by atoms with Gasteiger partial charge in [0, 0.05) is 60.2 Å². The predicted octanol–water partition coefficient (Wildman–Crippen LogP) is 4.42. The number of halogens is 2. The van der Waals surface area contributed by atoms with Crippen molar-refractivity contribution in [3.63, 3.8) is 0 Å². The fourth-order valence-electron chi connectivity index (χ4n) is 3.69. The lowest BCUT2D eigenvalue weighted by Gasteiger charge is -2.34. The molecule has 4 rings (SSSR count). The number of rotatable bonds is 6. The van der Waals surface area contributed by atoms with Crippen molar-refractivity contribution in [1.29, 1.82) is 0 Å². The molecule has 2 heterocycles. The first kappa shape index (κ1) is 24.8. The van der Waals surface area contributed by atoms with Gasteiger partial charge in [-0.15, -0.1) is 11.3 Å². The molecular weight excluding hydrogens is 521 g/mol. The number of nitrogens with zero attached hydrogens (tertiary/aromatic N) is 4. The summed E-state index contributed by atoms with van der Waals surface area (Å²) >= 11 is 13.3. The average molecular weight is 538 g/mol. The topological polar surface area (TPSA) is 139 Å². The van der Waals surface area contributed by atoms with Gasteiger partial charge in [-0.2, -0.15) is 0 Å². The van der Waals surface area contributed by atoms with Crippen LogP contribution in [0.5, 0.6) is 0 Å². The molecule has 1 saturated heterocycles. The molecule has 0 bridgehead atoms. The largest absolute Gasteiger partial charge is 0.335 e. The number of nitrogens with one attached hydrogen (secondary N) is 1. The Bertz CT molecular complexity index is 1360. The molecule has 1 N–H and O–H groups in total. The SMILES string of the molecule is O=C(CN1CCN(C(=O)c2sc3cc([N+](=O)[O-])ccc3c2Cl)CC1)Nc1ccc(Cl)c([N+](=O)[O-])c1. The fourth-order valence-corrected chi connectivity index (χ4v) is 5.39. The third-order valence-corrected chi connectivity index (χ3v) is 7.44. The lowest BCUT2D eigenvalue weighted by atomic mass is 10.2. The molecule has 182 valence electrons. The summed E-state index contributed by atoms with van der Waals surface area (Å²) in [5, 5.41) is 25.5. The summed E-state index contributed by atoms with van der Waals surface area (Å²) < 4.78 is 0.560. The highest BCUT2D eigenvalue weighted by molar-refractivity contribution is 7.21. The van der Waals surface area contributed by atoms with E-state index in [1.165, 1.54) is 36.4 Å². The maximum absolute atomic E-state index is 13.0. The molecule has 1 aliphatic heterocycles. The van der Waals surface area contributed by atoms with Crippen molar-refractivity contribution in [3.05, 3.63) is 71.5 Å². The summed E-state index contributed by atoms with van der Waals surface area (Å²) in [6, 6.07) is 8.30. The number of nitro groups is 2. The smallest absolute Gasteiger partial charge is 0.289 e. The Labute approximate surface area is 212 Å². The van der Waals surface area contributed by atoms with Gasteiger partial charge in [-0.1, -0.05) is 23.2 Å². The molecule has 0 radical (unpaired) electrons. The van der Waals surface area contributed by atoms with E-state index in [9.17, 15) is 29.8 Å².